The van der Waals surface area contributed by atoms with Crippen molar-refractivity contribution in [3.63, 3.8) is 0 Å². The Balaban J connectivity index is 1.76. The molecule has 0 fully saturated rings. The van der Waals surface area contributed by atoms with E-state index >= 15 is 0 Å². The molecule has 4 rings (SSSR count). The molecular weight excluding hydrogens is 326 g/mol. The van der Waals surface area contributed by atoms with Crippen molar-refractivity contribution in [3.8, 4) is 0 Å². The minimum Gasteiger partial charge on any atom is -0.378 e. The highest BCUT2D eigenvalue weighted by Gasteiger charge is 2.15. The van der Waals surface area contributed by atoms with Crippen molar-refractivity contribution in [2.24, 2.45) is 0 Å². The summed E-state index contributed by atoms with van der Waals surface area (Å²) in [5.41, 5.74) is 8.69. The number of nitrogens with zero attached hydrogens (tertiary/aromatic N) is 1. The highest BCUT2D eigenvalue weighted by molar-refractivity contribution is 6.02. The molecule has 0 radical (unpaired) electrons. The normalized spacial score (nSPS) is 14.8. The van der Waals surface area contributed by atoms with E-state index in [9.17, 15) is 0 Å². The lowest BCUT2D eigenvalue weighted by Gasteiger charge is -2.12. The summed E-state index contributed by atoms with van der Waals surface area (Å²) in [4.78, 5) is 2.12. The van der Waals surface area contributed by atoms with Gasteiger partial charge < -0.3 is 4.90 Å². The fourth-order valence-corrected chi connectivity index (χ4v) is 3.36. The van der Waals surface area contributed by atoms with E-state index in [-0.39, 0.29) is 0 Å². The zero-order valence-corrected chi connectivity index (χ0v) is 15.8. The smallest absolute Gasteiger partial charge is 0.0361 e. The van der Waals surface area contributed by atoms with E-state index in [0.29, 0.717) is 0 Å². The summed E-state index contributed by atoms with van der Waals surface area (Å²) in [7, 11) is 4.13. The van der Waals surface area contributed by atoms with Crippen LogP contribution in [0.15, 0.2) is 103 Å². The molecule has 0 unspecified atom stereocenters. The van der Waals surface area contributed by atoms with Gasteiger partial charge in [0.2, 0.25) is 0 Å². The van der Waals surface area contributed by atoms with Crippen LogP contribution < -0.4 is 4.90 Å². The maximum absolute atomic E-state index is 2.30. The highest BCUT2D eigenvalue weighted by atomic mass is 15.1. The van der Waals surface area contributed by atoms with Crippen molar-refractivity contribution in [1.29, 1.82) is 0 Å². The summed E-state index contributed by atoms with van der Waals surface area (Å²) in [6, 6.07) is 29.9. The lowest BCUT2D eigenvalue weighted by molar-refractivity contribution is 1.13. The van der Waals surface area contributed by atoms with Crippen LogP contribution in [0.5, 0.6) is 0 Å². The third-order valence-corrected chi connectivity index (χ3v) is 4.85. The molecule has 0 atom stereocenters. The largest absolute Gasteiger partial charge is 0.378 e. The first-order valence-corrected chi connectivity index (χ1v) is 9.24. The number of benzene rings is 3. The number of hydrogen-bond donors (Lipinski definition) is 0. The number of allylic oxidation sites excluding steroid dienone is 5. The van der Waals surface area contributed by atoms with Gasteiger partial charge in [-0.3, -0.25) is 0 Å². The number of anilines is 1. The predicted octanol–water partition coefficient (Wildman–Crippen LogP) is 6.32. The van der Waals surface area contributed by atoms with Crippen LogP contribution >= 0.6 is 0 Å². The van der Waals surface area contributed by atoms with Crippen molar-refractivity contribution < 1.29 is 0 Å². The first-order chi connectivity index (χ1) is 13.2. The van der Waals surface area contributed by atoms with Crippen molar-refractivity contribution in [2.75, 3.05) is 19.0 Å². The lowest BCUT2D eigenvalue weighted by atomic mass is 9.99. The van der Waals surface area contributed by atoms with Gasteiger partial charge in [0.1, 0.15) is 0 Å². The third-order valence-electron chi connectivity index (χ3n) is 4.85. The topological polar surface area (TPSA) is 3.24 Å². The van der Waals surface area contributed by atoms with E-state index in [1.807, 2.05) is 0 Å². The molecule has 1 heteroatoms. The van der Waals surface area contributed by atoms with E-state index in [1.165, 1.54) is 39.1 Å². The van der Waals surface area contributed by atoms with Gasteiger partial charge in [-0.1, -0.05) is 72.8 Å². The molecule has 1 aliphatic carbocycles. The van der Waals surface area contributed by atoms with E-state index in [0.717, 1.165) is 0 Å². The average Bonchev–Trinajstić information content (AvgIpc) is 3.13. The molecule has 0 spiro atoms. The lowest BCUT2D eigenvalue weighted by Crippen LogP contribution is -2.07. The first kappa shape index (κ1) is 17.1. The Morgan fingerprint density at radius 1 is 0.630 bits per heavy atom. The molecule has 0 aliphatic heterocycles. The van der Waals surface area contributed by atoms with Gasteiger partial charge in [-0.05, 0) is 63.8 Å². The molecule has 0 bridgehead atoms. The molecule has 3 aromatic rings. The molecule has 27 heavy (non-hydrogen) atoms. The molecular formula is C26H23N. The number of rotatable bonds is 4. The van der Waals surface area contributed by atoms with Gasteiger partial charge in [-0.2, -0.15) is 0 Å². The van der Waals surface area contributed by atoms with E-state index in [1.54, 1.807) is 0 Å². The van der Waals surface area contributed by atoms with Gasteiger partial charge in [0.05, 0.1) is 0 Å². The fourth-order valence-electron chi connectivity index (χ4n) is 3.36. The Hall–Kier alpha value is -3.32. The van der Waals surface area contributed by atoms with Crippen LogP contribution in [0.2, 0.25) is 0 Å². The van der Waals surface area contributed by atoms with E-state index < -0.39 is 0 Å². The van der Waals surface area contributed by atoms with Crippen LogP contribution in [0.1, 0.15) is 16.7 Å². The summed E-state index contributed by atoms with van der Waals surface area (Å²) >= 11 is 0. The number of hydrogen-bond acceptors (Lipinski definition) is 1. The highest BCUT2D eigenvalue weighted by Crippen LogP contribution is 2.37. The van der Waals surface area contributed by atoms with Crippen molar-refractivity contribution in [3.05, 3.63) is 119 Å². The van der Waals surface area contributed by atoms with Crippen LogP contribution in [0.3, 0.4) is 0 Å². The van der Waals surface area contributed by atoms with Gasteiger partial charge >= 0.3 is 0 Å². The maximum atomic E-state index is 2.30. The minimum absolute atomic E-state index is 1.21. The van der Waals surface area contributed by atoms with Crippen molar-refractivity contribution >= 4 is 22.9 Å². The Morgan fingerprint density at radius 3 is 1.81 bits per heavy atom. The Kier molecular flexibility index (Phi) is 4.76. The summed E-state index contributed by atoms with van der Waals surface area (Å²) < 4.78 is 0. The second kappa shape index (κ2) is 7.51. The van der Waals surface area contributed by atoms with Gasteiger partial charge in [-0.25, -0.2) is 0 Å². The van der Waals surface area contributed by atoms with Gasteiger partial charge in [0, 0.05) is 19.8 Å². The molecule has 1 aliphatic rings. The van der Waals surface area contributed by atoms with Gasteiger partial charge in [-0.15, -0.1) is 0 Å². The second-order valence-electron chi connectivity index (χ2n) is 6.98. The van der Waals surface area contributed by atoms with Crippen molar-refractivity contribution in [2.45, 2.75) is 0 Å². The third kappa shape index (κ3) is 3.78. The molecule has 0 saturated heterocycles. The molecule has 0 amide bonds. The van der Waals surface area contributed by atoms with Crippen LogP contribution in [-0.4, -0.2) is 14.1 Å². The molecule has 132 valence electrons. The zero-order chi connectivity index (χ0) is 18.6. The monoisotopic (exact) mass is 349 g/mol. The molecule has 3 aromatic carbocycles. The zero-order valence-electron chi connectivity index (χ0n) is 15.8. The van der Waals surface area contributed by atoms with Crippen LogP contribution in [0.25, 0.3) is 17.2 Å². The van der Waals surface area contributed by atoms with Crippen LogP contribution in [0, 0.1) is 0 Å². The average molecular weight is 349 g/mol. The second-order valence-corrected chi connectivity index (χ2v) is 6.98. The first-order valence-electron chi connectivity index (χ1n) is 9.24. The van der Waals surface area contributed by atoms with Gasteiger partial charge in [0.25, 0.3) is 0 Å². The fraction of sp³-hybridized carbons (Fsp3) is 0.0769. The summed E-state index contributed by atoms with van der Waals surface area (Å²) in [5, 5.41) is 0. The van der Waals surface area contributed by atoms with E-state index in [2.05, 4.69) is 122 Å². The van der Waals surface area contributed by atoms with Crippen molar-refractivity contribution in [1.82, 2.24) is 0 Å². The van der Waals surface area contributed by atoms with Crippen LogP contribution in [-0.2, 0) is 0 Å². The molecule has 0 aromatic heterocycles. The predicted molar refractivity (Wildman–Crippen MR) is 118 cm³/mol. The minimum atomic E-state index is 1.21. The Morgan fingerprint density at radius 2 is 1.22 bits per heavy atom. The summed E-state index contributed by atoms with van der Waals surface area (Å²) in [5.74, 6) is 0. The SMILES string of the molecule is CN(C)c1ccc(/C=C2\C=C(c3ccccc3)C=C2c2ccccc2)cc1. The standard InChI is InChI=1S/C26H23N/c1-27(2)25-15-13-20(14-16-25)17-24-18-23(21-9-5-3-6-10-21)19-26(24)22-11-7-4-8-12-22/h3-19H,1-2H3/b24-17+. The molecule has 0 heterocycles. The van der Waals surface area contributed by atoms with Gasteiger partial charge in [0.15, 0.2) is 0 Å². The molecule has 1 nitrogen and oxygen atoms in total. The summed E-state index contributed by atoms with van der Waals surface area (Å²) in [6.07, 6.45) is 6.86. The Labute approximate surface area is 161 Å². The Bertz CT molecular complexity index is 1000. The maximum Gasteiger partial charge on any atom is 0.0361 e. The summed E-state index contributed by atoms with van der Waals surface area (Å²) in [6.45, 7) is 0. The quantitative estimate of drug-likeness (QED) is 0.533. The molecule has 0 N–H and O–H groups in total. The van der Waals surface area contributed by atoms with E-state index in [4.69, 9.17) is 0 Å². The van der Waals surface area contributed by atoms with Crippen LogP contribution in [0.4, 0.5) is 5.69 Å². The molecule has 0 saturated carbocycles.